The minimum Gasteiger partial charge on any atom is -0.491 e. The third kappa shape index (κ3) is 5.31. The van der Waals surface area contributed by atoms with Crippen LogP contribution in [-0.2, 0) is 9.05 Å². The van der Waals surface area contributed by atoms with Gasteiger partial charge in [-0.1, -0.05) is 46.8 Å². The Morgan fingerprint density at radius 3 is 2.52 bits per heavy atom. The lowest BCUT2D eigenvalue weighted by Gasteiger charge is -2.36. The van der Waals surface area contributed by atoms with Crippen molar-refractivity contribution in [3.8, 4) is 5.75 Å². The summed E-state index contributed by atoms with van der Waals surface area (Å²) < 4.78 is 29.7. The topological polar surface area (TPSA) is 43.4 Å². The van der Waals surface area contributed by atoms with Crippen LogP contribution >= 0.6 is 38.2 Å². The van der Waals surface area contributed by atoms with Crippen molar-refractivity contribution in [2.45, 2.75) is 32.1 Å². The van der Waals surface area contributed by atoms with Crippen molar-refractivity contribution < 1.29 is 13.2 Å². The lowest BCUT2D eigenvalue weighted by atomic mass is 9.76. The molecule has 0 spiro atoms. The molecule has 2 rings (SSSR count). The van der Waals surface area contributed by atoms with Crippen LogP contribution in [0.5, 0.6) is 5.75 Å². The second kappa shape index (κ2) is 7.07. The number of ether oxygens (including phenoxy) is 1. The lowest BCUT2D eigenvalue weighted by molar-refractivity contribution is 0.119. The highest BCUT2D eigenvalue weighted by molar-refractivity contribution is 9.10. The van der Waals surface area contributed by atoms with Gasteiger partial charge >= 0.3 is 0 Å². The van der Waals surface area contributed by atoms with Crippen LogP contribution in [0.3, 0.4) is 0 Å². The summed E-state index contributed by atoms with van der Waals surface area (Å²) in [4.78, 5) is 0. The number of benzene rings is 1. The molecule has 0 bridgehead atoms. The summed E-state index contributed by atoms with van der Waals surface area (Å²) >= 11 is 9.47. The number of hydrogen-bond donors (Lipinski definition) is 0. The molecule has 0 heterocycles. The van der Waals surface area contributed by atoms with E-state index in [-0.39, 0.29) is 5.75 Å². The molecule has 0 radical (unpaired) electrons. The Morgan fingerprint density at radius 1 is 1.24 bits per heavy atom. The van der Waals surface area contributed by atoms with Gasteiger partial charge in [0.2, 0.25) is 9.05 Å². The maximum Gasteiger partial charge on any atom is 0.233 e. The SMILES string of the molecule is O=S(=O)(Cl)CC1(COc2cc(Br)ccc2Cl)CCCCC1. The van der Waals surface area contributed by atoms with Crippen LogP contribution < -0.4 is 4.74 Å². The second-order valence-corrected chi connectivity index (χ2v) is 9.71. The van der Waals surface area contributed by atoms with Gasteiger partial charge in [0.1, 0.15) is 5.75 Å². The highest BCUT2D eigenvalue weighted by Crippen LogP contribution is 2.39. The van der Waals surface area contributed by atoms with Crippen molar-refractivity contribution in [2.75, 3.05) is 12.4 Å². The Labute approximate surface area is 143 Å². The lowest BCUT2D eigenvalue weighted by Crippen LogP contribution is -2.36. The largest absolute Gasteiger partial charge is 0.491 e. The highest BCUT2D eigenvalue weighted by Gasteiger charge is 2.37. The van der Waals surface area contributed by atoms with E-state index in [4.69, 9.17) is 27.0 Å². The fourth-order valence-electron chi connectivity index (χ4n) is 2.82. The zero-order chi connectivity index (χ0) is 15.5. The zero-order valence-electron chi connectivity index (χ0n) is 11.4. The molecule has 0 aromatic heterocycles. The number of rotatable bonds is 5. The van der Waals surface area contributed by atoms with E-state index < -0.39 is 14.5 Å². The van der Waals surface area contributed by atoms with E-state index in [9.17, 15) is 8.42 Å². The van der Waals surface area contributed by atoms with E-state index in [1.165, 1.54) is 0 Å². The normalized spacial score (nSPS) is 18.4. The zero-order valence-corrected chi connectivity index (χ0v) is 15.4. The van der Waals surface area contributed by atoms with E-state index in [0.29, 0.717) is 17.4 Å². The van der Waals surface area contributed by atoms with Crippen LogP contribution in [0.15, 0.2) is 22.7 Å². The number of halogens is 3. The van der Waals surface area contributed by atoms with Gasteiger partial charge in [0.05, 0.1) is 17.4 Å². The summed E-state index contributed by atoms with van der Waals surface area (Å²) in [5, 5.41) is 0.512. The van der Waals surface area contributed by atoms with Gasteiger partial charge in [-0.3, -0.25) is 0 Å². The third-order valence-corrected chi connectivity index (χ3v) is 5.91. The van der Waals surface area contributed by atoms with E-state index >= 15 is 0 Å². The van der Waals surface area contributed by atoms with Crippen LogP contribution in [0, 0.1) is 5.41 Å². The Kier molecular flexibility index (Phi) is 5.85. The molecule has 1 aliphatic carbocycles. The molecule has 3 nitrogen and oxygen atoms in total. The first kappa shape index (κ1) is 17.4. The average Bonchev–Trinajstić information content (AvgIpc) is 2.39. The summed E-state index contributed by atoms with van der Waals surface area (Å²) in [7, 11) is 1.92. The average molecular weight is 416 g/mol. The van der Waals surface area contributed by atoms with Crippen LogP contribution in [0.2, 0.25) is 5.02 Å². The van der Waals surface area contributed by atoms with Gasteiger partial charge in [-0.05, 0) is 31.0 Å². The molecule has 1 aromatic rings. The van der Waals surface area contributed by atoms with Gasteiger partial charge in [-0.2, -0.15) is 0 Å². The first-order valence-electron chi connectivity index (χ1n) is 6.80. The smallest absolute Gasteiger partial charge is 0.233 e. The molecule has 1 aromatic carbocycles. The third-order valence-electron chi connectivity index (χ3n) is 3.82. The molecule has 0 N–H and O–H groups in total. The van der Waals surface area contributed by atoms with Gasteiger partial charge in [0, 0.05) is 20.6 Å². The van der Waals surface area contributed by atoms with Gasteiger partial charge in [0.15, 0.2) is 0 Å². The van der Waals surface area contributed by atoms with Crippen LogP contribution in [0.25, 0.3) is 0 Å². The molecule has 21 heavy (non-hydrogen) atoms. The standard InChI is InChI=1S/C14H17BrCl2O3S/c15-11-4-5-12(16)13(8-11)20-9-14(10-21(17,18)19)6-2-1-3-7-14/h4-5,8H,1-3,6-7,9-10H2. The summed E-state index contributed by atoms with van der Waals surface area (Å²) in [6.07, 6.45) is 4.75. The van der Waals surface area contributed by atoms with Crippen LogP contribution in [0.4, 0.5) is 0 Å². The molecular formula is C14H17BrCl2O3S. The highest BCUT2D eigenvalue weighted by atomic mass is 79.9. The predicted octanol–water partition coefficient (Wildman–Crippen LogP) is 5.00. The molecule has 0 aliphatic heterocycles. The fourth-order valence-corrected chi connectivity index (χ4v) is 5.13. The van der Waals surface area contributed by atoms with Gasteiger partial charge in [-0.25, -0.2) is 8.42 Å². The molecule has 0 saturated heterocycles. The number of hydrogen-bond acceptors (Lipinski definition) is 3. The van der Waals surface area contributed by atoms with Crippen molar-refractivity contribution in [1.82, 2.24) is 0 Å². The molecule has 0 amide bonds. The fraction of sp³-hybridized carbons (Fsp3) is 0.571. The minimum absolute atomic E-state index is 0.0484. The van der Waals surface area contributed by atoms with Gasteiger partial charge < -0.3 is 4.74 Å². The molecule has 0 atom stereocenters. The van der Waals surface area contributed by atoms with E-state index in [2.05, 4.69) is 15.9 Å². The first-order chi connectivity index (χ1) is 9.80. The Hall–Kier alpha value is 0.0300. The van der Waals surface area contributed by atoms with Crippen molar-refractivity contribution in [3.63, 3.8) is 0 Å². The van der Waals surface area contributed by atoms with E-state index in [0.717, 1.165) is 36.6 Å². The molecule has 7 heteroatoms. The van der Waals surface area contributed by atoms with Crippen molar-refractivity contribution >= 4 is 47.3 Å². The quantitative estimate of drug-likeness (QED) is 0.635. The summed E-state index contributed by atoms with van der Waals surface area (Å²) in [5.74, 6) is 0.510. The molecule has 1 saturated carbocycles. The summed E-state index contributed by atoms with van der Waals surface area (Å²) in [6, 6.07) is 5.36. The molecule has 118 valence electrons. The van der Waals surface area contributed by atoms with Gasteiger partial charge in [-0.15, -0.1) is 0 Å². The van der Waals surface area contributed by atoms with E-state index in [1.807, 2.05) is 6.07 Å². The van der Waals surface area contributed by atoms with Crippen molar-refractivity contribution in [1.29, 1.82) is 0 Å². The van der Waals surface area contributed by atoms with Gasteiger partial charge in [0.25, 0.3) is 0 Å². The summed E-state index contributed by atoms with van der Waals surface area (Å²) in [6.45, 7) is 0.315. The van der Waals surface area contributed by atoms with Crippen LogP contribution in [0.1, 0.15) is 32.1 Å². The monoisotopic (exact) mass is 414 g/mol. The predicted molar refractivity (Wildman–Crippen MR) is 89.8 cm³/mol. The van der Waals surface area contributed by atoms with E-state index in [1.54, 1.807) is 12.1 Å². The maximum atomic E-state index is 11.5. The summed E-state index contributed by atoms with van der Waals surface area (Å²) in [5.41, 5.74) is -0.412. The molecular weight excluding hydrogens is 399 g/mol. The Balaban J connectivity index is 2.14. The first-order valence-corrected chi connectivity index (χ1v) is 10.4. The molecule has 1 fully saturated rings. The molecule has 0 unspecified atom stereocenters. The second-order valence-electron chi connectivity index (χ2n) is 5.61. The minimum atomic E-state index is -3.55. The van der Waals surface area contributed by atoms with Crippen LogP contribution in [-0.4, -0.2) is 20.8 Å². The van der Waals surface area contributed by atoms with Crippen molar-refractivity contribution in [2.24, 2.45) is 5.41 Å². The maximum absolute atomic E-state index is 11.5. The van der Waals surface area contributed by atoms with Crippen molar-refractivity contribution in [3.05, 3.63) is 27.7 Å². The molecule has 1 aliphatic rings. The Morgan fingerprint density at radius 2 is 1.90 bits per heavy atom. The Bertz CT molecular complexity index is 598.